The van der Waals surface area contributed by atoms with E-state index in [1.54, 1.807) is 23.1 Å². The standard InChI is InChI=1S/C18H21FN2O4/c19-11-3-1-2-4-12(11)20-7-9-21(10-8-20)17(22)15-13-5-6-14(25-13)16(15)18(23)24/h1-4,13-16H,5-10H2,(H,23,24)/p-1/t13-,14+,15+,16-/m0/s1. The van der Waals surface area contributed by atoms with Crippen LogP contribution in [0, 0.1) is 17.7 Å². The summed E-state index contributed by atoms with van der Waals surface area (Å²) in [6.07, 6.45) is 0.683. The maximum Gasteiger partial charge on any atom is 0.229 e. The number of benzene rings is 1. The quantitative estimate of drug-likeness (QED) is 0.771. The molecule has 3 aliphatic heterocycles. The van der Waals surface area contributed by atoms with Gasteiger partial charge in [-0.3, -0.25) is 4.79 Å². The second kappa shape index (κ2) is 6.29. The van der Waals surface area contributed by atoms with Gasteiger partial charge in [0.2, 0.25) is 5.91 Å². The number of carboxylic acid groups (broad SMARTS) is 1. The number of piperazine rings is 1. The predicted octanol–water partition coefficient (Wildman–Crippen LogP) is 0.0178. The van der Waals surface area contributed by atoms with Crippen LogP contribution in [0.2, 0.25) is 0 Å². The Morgan fingerprint density at radius 1 is 1.04 bits per heavy atom. The van der Waals surface area contributed by atoms with Gasteiger partial charge in [-0.25, -0.2) is 4.39 Å². The molecule has 6 nitrogen and oxygen atoms in total. The summed E-state index contributed by atoms with van der Waals surface area (Å²) < 4.78 is 19.6. The Bertz CT molecular complexity index is 689. The highest BCUT2D eigenvalue weighted by Gasteiger charge is 2.53. The molecule has 4 atom stereocenters. The zero-order valence-electron chi connectivity index (χ0n) is 13.8. The summed E-state index contributed by atoms with van der Waals surface area (Å²) in [6.45, 7) is 1.93. The maximum atomic E-state index is 13.9. The largest absolute Gasteiger partial charge is 0.550 e. The highest BCUT2D eigenvalue weighted by molar-refractivity contribution is 5.86. The summed E-state index contributed by atoms with van der Waals surface area (Å²) >= 11 is 0. The smallest absolute Gasteiger partial charge is 0.229 e. The molecule has 0 aromatic heterocycles. The molecule has 3 heterocycles. The number of amides is 1. The lowest BCUT2D eigenvalue weighted by molar-refractivity contribution is -0.314. The summed E-state index contributed by atoms with van der Waals surface area (Å²) in [5.41, 5.74) is 0.533. The molecule has 2 bridgehead atoms. The van der Waals surface area contributed by atoms with Crippen molar-refractivity contribution in [1.29, 1.82) is 0 Å². The molecule has 134 valence electrons. The van der Waals surface area contributed by atoms with Gasteiger partial charge in [0.15, 0.2) is 0 Å². The van der Waals surface area contributed by atoms with Crippen LogP contribution in [0.5, 0.6) is 0 Å². The molecule has 1 aromatic rings. The van der Waals surface area contributed by atoms with E-state index < -0.39 is 23.9 Å². The first-order chi connectivity index (χ1) is 12.1. The summed E-state index contributed by atoms with van der Waals surface area (Å²) in [4.78, 5) is 27.9. The first-order valence-electron chi connectivity index (χ1n) is 8.71. The lowest BCUT2D eigenvalue weighted by Crippen LogP contribution is -2.54. The number of para-hydroxylation sites is 1. The summed E-state index contributed by atoms with van der Waals surface area (Å²) in [6, 6.07) is 6.58. The SMILES string of the molecule is O=C([O-])[C@@H]1[C@H](C(=O)N2CCN(c3ccccc3F)CC2)[C@@H]2CC[C@H]1O2. The van der Waals surface area contributed by atoms with E-state index in [1.165, 1.54) is 6.07 Å². The van der Waals surface area contributed by atoms with Gasteiger partial charge in [0.25, 0.3) is 0 Å². The van der Waals surface area contributed by atoms with Crippen molar-refractivity contribution < 1.29 is 23.8 Å². The van der Waals surface area contributed by atoms with Crippen molar-refractivity contribution in [2.24, 2.45) is 11.8 Å². The number of nitrogens with zero attached hydrogens (tertiary/aromatic N) is 2. The molecule has 0 aliphatic carbocycles. The molecular formula is C18H20FN2O4-. The lowest BCUT2D eigenvalue weighted by atomic mass is 9.78. The fourth-order valence-corrected chi connectivity index (χ4v) is 4.38. The van der Waals surface area contributed by atoms with Gasteiger partial charge < -0.3 is 24.4 Å². The Morgan fingerprint density at radius 3 is 2.32 bits per heavy atom. The second-order valence-electron chi connectivity index (χ2n) is 6.92. The molecule has 25 heavy (non-hydrogen) atoms. The van der Waals surface area contributed by atoms with Crippen molar-refractivity contribution in [1.82, 2.24) is 4.90 Å². The third-order valence-electron chi connectivity index (χ3n) is 5.62. The molecule has 1 amide bonds. The second-order valence-corrected chi connectivity index (χ2v) is 6.92. The molecule has 0 unspecified atom stereocenters. The van der Waals surface area contributed by atoms with Crippen LogP contribution < -0.4 is 10.0 Å². The van der Waals surface area contributed by atoms with Crippen molar-refractivity contribution in [2.75, 3.05) is 31.1 Å². The Hall–Kier alpha value is -2.15. The van der Waals surface area contributed by atoms with Crippen LogP contribution >= 0.6 is 0 Å². The average molecular weight is 347 g/mol. The van der Waals surface area contributed by atoms with E-state index in [0.717, 1.165) is 6.42 Å². The number of hydrogen-bond donors (Lipinski definition) is 0. The Balaban J connectivity index is 1.43. The number of carboxylic acids is 1. The molecular weight excluding hydrogens is 327 g/mol. The zero-order chi connectivity index (χ0) is 17.6. The Kier molecular flexibility index (Phi) is 4.11. The van der Waals surface area contributed by atoms with Crippen molar-refractivity contribution in [3.63, 3.8) is 0 Å². The number of anilines is 1. The average Bonchev–Trinajstić information content (AvgIpc) is 3.23. The molecule has 3 saturated heterocycles. The number of rotatable bonds is 3. The molecule has 7 heteroatoms. The van der Waals surface area contributed by atoms with E-state index >= 15 is 0 Å². The van der Waals surface area contributed by atoms with Gasteiger partial charge in [0.1, 0.15) is 5.82 Å². The number of carbonyl (C=O) groups is 2. The molecule has 0 radical (unpaired) electrons. The Labute approximate surface area is 145 Å². The zero-order valence-corrected chi connectivity index (χ0v) is 13.8. The van der Waals surface area contributed by atoms with Crippen molar-refractivity contribution >= 4 is 17.6 Å². The topological polar surface area (TPSA) is 72.9 Å². The molecule has 3 fully saturated rings. The van der Waals surface area contributed by atoms with E-state index in [1.807, 2.05) is 4.90 Å². The summed E-state index contributed by atoms with van der Waals surface area (Å²) in [7, 11) is 0. The predicted molar refractivity (Wildman–Crippen MR) is 85.1 cm³/mol. The van der Waals surface area contributed by atoms with E-state index in [-0.39, 0.29) is 17.8 Å². The van der Waals surface area contributed by atoms with Gasteiger partial charge in [0, 0.05) is 38.1 Å². The minimum Gasteiger partial charge on any atom is -0.550 e. The normalized spacial score (nSPS) is 31.4. The number of halogens is 1. The summed E-state index contributed by atoms with van der Waals surface area (Å²) in [5, 5.41) is 11.5. The van der Waals surface area contributed by atoms with Crippen LogP contribution in [-0.2, 0) is 14.3 Å². The van der Waals surface area contributed by atoms with Crippen molar-refractivity contribution in [3.05, 3.63) is 30.1 Å². The number of carbonyl (C=O) groups excluding carboxylic acids is 2. The molecule has 1 aromatic carbocycles. The van der Waals surface area contributed by atoms with E-state index in [9.17, 15) is 19.1 Å². The van der Waals surface area contributed by atoms with E-state index in [4.69, 9.17) is 4.74 Å². The fraction of sp³-hybridized carbons (Fsp3) is 0.556. The van der Waals surface area contributed by atoms with Gasteiger partial charge in [-0.05, 0) is 25.0 Å². The highest BCUT2D eigenvalue weighted by atomic mass is 19.1. The third-order valence-corrected chi connectivity index (χ3v) is 5.62. The molecule has 4 rings (SSSR count). The number of fused-ring (bicyclic) bond motifs is 2. The summed E-state index contributed by atoms with van der Waals surface area (Å²) in [5.74, 6) is -3.15. The van der Waals surface area contributed by atoms with Crippen molar-refractivity contribution in [3.8, 4) is 0 Å². The van der Waals surface area contributed by atoms with Crippen LogP contribution in [0.15, 0.2) is 24.3 Å². The minimum atomic E-state index is -1.20. The monoisotopic (exact) mass is 347 g/mol. The number of aliphatic carboxylic acids is 1. The molecule has 0 N–H and O–H groups in total. The first kappa shape index (κ1) is 16.3. The van der Waals surface area contributed by atoms with E-state index in [0.29, 0.717) is 38.3 Å². The number of ether oxygens (including phenoxy) is 1. The highest BCUT2D eigenvalue weighted by Crippen LogP contribution is 2.44. The van der Waals surface area contributed by atoms with Crippen LogP contribution in [0.4, 0.5) is 10.1 Å². The van der Waals surface area contributed by atoms with Crippen LogP contribution in [0.1, 0.15) is 12.8 Å². The molecule has 3 aliphatic rings. The third kappa shape index (κ3) is 2.76. The van der Waals surface area contributed by atoms with Gasteiger partial charge in [-0.1, -0.05) is 12.1 Å². The maximum absolute atomic E-state index is 13.9. The first-order valence-corrected chi connectivity index (χ1v) is 8.71. The van der Waals surface area contributed by atoms with Gasteiger partial charge in [0.05, 0.1) is 23.8 Å². The van der Waals surface area contributed by atoms with Crippen molar-refractivity contribution in [2.45, 2.75) is 25.0 Å². The van der Waals surface area contributed by atoms with Crippen LogP contribution in [0.3, 0.4) is 0 Å². The lowest BCUT2D eigenvalue weighted by Gasteiger charge is -2.39. The van der Waals surface area contributed by atoms with Crippen LogP contribution in [0.25, 0.3) is 0 Å². The van der Waals surface area contributed by atoms with Gasteiger partial charge in [-0.2, -0.15) is 0 Å². The van der Waals surface area contributed by atoms with Gasteiger partial charge >= 0.3 is 0 Å². The number of hydrogen-bond acceptors (Lipinski definition) is 5. The fourth-order valence-electron chi connectivity index (χ4n) is 4.38. The van der Waals surface area contributed by atoms with E-state index in [2.05, 4.69) is 0 Å². The minimum absolute atomic E-state index is 0.172. The van der Waals surface area contributed by atoms with Gasteiger partial charge in [-0.15, -0.1) is 0 Å². The molecule has 0 spiro atoms. The van der Waals surface area contributed by atoms with Crippen LogP contribution in [-0.4, -0.2) is 55.2 Å². The molecule has 0 saturated carbocycles. The Morgan fingerprint density at radius 2 is 1.68 bits per heavy atom.